The zero-order valence-corrected chi connectivity index (χ0v) is 14.1. The number of anilines is 1. The number of carbonyl (C=O) groups is 2. The second-order valence-electron chi connectivity index (χ2n) is 6.13. The minimum atomic E-state index is -0.419. The van der Waals surface area contributed by atoms with Gasteiger partial charge >= 0.3 is 0 Å². The van der Waals surface area contributed by atoms with Crippen molar-refractivity contribution in [2.75, 3.05) is 18.4 Å². The summed E-state index contributed by atoms with van der Waals surface area (Å²) in [5.41, 5.74) is 1.50. The van der Waals surface area contributed by atoms with Crippen LogP contribution >= 0.6 is 0 Å². The number of likely N-dealkylation sites (tertiary alicyclic amines) is 1. The van der Waals surface area contributed by atoms with Crippen LogP contribution in [0.4, 0.5) is 5.69 Å². The van der Waals surface area contributed by atoms with E-state index in [2.05, 4.69) is 10.4 Å². The van der Waals surface area contributed by atoms with Crippen LogP contribution in [0.3, 0.4) is 0 Å². The number of amides is 2. The van der Waals surface area contributed by atoms with Crippen LogP contribution < -0.4 is 10.9 Å². The number of carbonyl (C=O) groups excluding carboxylic acids is 2. The SMILES string of the molecule is Cc1ccc(NC(=O)Cn2nc(C(=O)N3CCCC3)ccc2=O)cc1. The molecule has 1 aromatic heterocycles. The van der Waals surface area contributed by atoms with E-state index in [1.54, 1.807) is 17.0 Å². The van der Waals surface area contributed by atoms with Gasteiger partial charge in [-0.05, 0) is 38.0 Å². The molecule has 1 saturated heterocycles. The van der Waals surface area contributed by atoms with E-state index in [4.69, 9.17) is 0 Å². The molecule has 0 unspecified atom stereocenters. The Morgan fingerprint density at radius 1 is 1.08 bits per heavy atom. The van der Waals surface area contributed by atoms with Gasteiger partial charge < -0.3 is 10.2 Å². The molecule has 0 bridgehead atoms. The maximum atomic E-state index is 12.4. The van der Waals surface area contributed by atoms with Crippen LogP contribution in [0.2, 0.25) is 0 Å². The Morgan fingerprint density at radius 3 is 2.44 bits per heavy atom. The van der Waals surface area contributed by atoms with Gasteiger partial charge in [0.15, 0.2) is 0 Å². The zero-order chi connectivity index (χ0) is 17.8. The third kappa shape index (κ3) is 4.12. The first kappa shape index (κ1) is 16.9. The molecule has 1 aromatic carbocycles. The number of nitrogens with zero attached hydrogens (tertiary/aromatic N) is 3. The molecule has 3 rings (SSSR count). The fraction of sp³-hybridized carbons (Fsp3) is 0.333. The molecule has 130 valence electrons. The summed E-state index contributed by atoms with van der Waals surface area (Å²) in [6.07, 6.45) is 1.95. The topological polar surface area (TPSA) is 84.3 Å². The van der Waals surface area contributed by atoms with E-state index in [0.29, 0.717) is 18.8 Å². The quantitative estimate of drug-likeness (QED) is 0.912. The number of nitrogens with one attached hydrogen (secondary N) is 1. The van der Waals surface area contributed by atoms with E-state index in [1.807, 2.05) is 19.1 Å². The Hall–Kier alpha value is -2.96. The summed E-state index contributed by atoms with van der Waals surface area (Å²) < 4.78 is 1.02. The predicted octanol–water partition coefficient (Wildman–Crippen LogP) is 1.43. The average Bonchev–Trinajstić information content (AvgIpc) is 3.13. The fourth-order valence-corrected chi connectivity index (χ4v) is 2.73. The van der Waals surface area contributed by atoms with Crippen LogP contribution in [0.25, 0.3) is 0 Å². The van der Waals surface area contributed by atoms with Crippen molar-refractivity contribution < 1.29 is 9.59 Å². The fourth-order valence-electron chi connectivity index (χ4n) is 2.73. The molecule has 1 aliphatic rings. The van der Waals surface area contributed by atoms with Crippen LogP contribution in [0, 0.1) is 6.92 Å². The van der Waals surface area contributed by atoms with Crippen molar-refractivity contribution in [2.24, 2.45) is 0 Å². The molecule has 2 aromatic rings. The van der Waals surface area contributed by atoms with Gasteiger partial charge in [0, 0.05) is 24.8 Å². The highest BCUT2D eigenvalue weighted by molar-refractivity contribution is 5.92. The normalized spacial score (nSPS) is 13.7. The number of aryl methyl sites for hydroxylation is 1. The highest BCUT2D eigenvalue weighted by Gasteiger charge is 2.21. The van der Waals surface area contributed by atoms with Crippen LogP contribution in [0.5, 0.6) is 0 Å². The molecular formula is C18H20N4O3. The molecular weight excluding hydrogens is 320 g/mol. The van der Waals surface area contributed by atoms with E-state index < -0.39 is 5.56 Å². The van der Waals surface area contributed by atoms with Gasteiger partial charge in [0.1, 0.15) is 12.2 Å². The monoisotopic (exact) mass is 340 g/mol. The van der Waals surface area contributed by atoms with Crippen molar-refractivity contribution in [3.8, 4) is 0 Å². The third-order valence-electron chi connectivity index (χ3n) is 4.11. The van der Waals surface area contributed by atoms with E-state index >= 15 is 0 Å². The summed E-state index contributed by atoms with van der Waals surface area (Å²) in [6, 6.07) is 10.0. The Bertz CT molecular complexity index is 836. The highest BCUT2D eigenvalue weighted by Crippen LogP contribution is 2.11. The molecule has 0 radical (unpaired) electrons. The molecule has 2 amide bonds. The molecule has 7 nitrogen and oxygen atoms in total. The van der Waals surface area contributed by atoms with Gasteiger partial charge in [-0.3, -0.25) is 14.4 Å². The van der Waals surface area contributed by atoms with Crippen molar-refractivity contribution in [2.45, 2.75) is 26.3 Å². The summed E-state index contributed by atoms with van der Waals surface area (Å²) in [7, 11) is 0. The van der Waals surface area contributed by atoms with Crippen LogP contribution in [-0.2, 0) is 11.3 Å². The molecule has 2 heterocycles. The molecule has 7 heteroatoms. The van der Waals surface area contributed by atoms with Gasteiger partial charge in [-0.25, -0.2) is 4.68 Å². The molecule has 1 fully saturated rings. The van der Waals surface area contributed by atoms with E-state index in [9.17, 15) is 14.4 Å². The van der Waals surface area contributed by atoms with Crippen molar-refractivity contribution in [3.63, 3.8) is 0 Å². The number of rotatable bonds is 4. The minimum Gasteiger partial charge on any atom is -0.337 e. The molecule has 0 spiro atoms. The highest BCUT2D eigenvalue weighted by atomic mass is 16.2. The molecule has 0 saturated carbocycles. The Kier molecular flexibility index (Phi) is 4.92. The molecule has 0 atom stereocenters. The molecule has 25 heavy (non-hydrogen) atoms. The lowest BCUT2D eigenvalue weighted by Gasteiger charge is -2.15. The van der Waals surface area contributed by atoms with Crippen LogP contribution in [0.1, 0.15) is 28.9 Å². The average molecular weight is 340 g/mol. The second kappa shape index (κ2) is 7.29. The van der Waals surface area contributed by atoms with Gasteiger partial charge in [0.25, 0.3) is 11.5 Å². The largest absolute Gasteiger partial charge is 0.337 e. The maximum Gasteiger partial charge on any atom is 0.274 e. The number of hydrogen-bond acceptors (Lipinski definition) is 4. The number of aromatic nitrogens is 2. The van der Waals surface area contributed by atoms with Gasteiger partial charge in [-0.2, -0.15) is 5.10 Å². The lowest BCUT2D eigenvalue weighted by Crippen LogP contribution is -2.34. The number of hydrogen-bond donors (Lipinski definition) is 1. The predicted molar refractivity (Wildman–Crippen MR) is 93.4 cm³/mol. The number of benzene rings is 1. The Balaban J connectivity index is 1.71. The van der Waals surface area contributed by atoms with Crippen molar-refractivity contribution in [1.29, 1.82) is 0 Å². The first-order valence-electron chi connectivity index (χ1n) is 8.27. The van der Waals surface area contributed by atoms with Crippen LogP contribution in [-0.4, -0.2) is 39.6 Å². The first-order chi connectivity index (χ1) is 12.0. The van der Waals surface area contributed by atoms with Crippen molar-refractivity contribution in [3.05, 3.63) is 58.0 Å². The molecule has 1 aliphatic heterocycles. The second-order valence-corrected chi connectivity index (χ2v) is 6.13. The van der Waals surface area contributed by atoms with Crippen molar-refractivity contribution >= 4 is 17.5 Å². The van der Waals surface area contributed by atoms with Gasteiger partial charge in [0.05, 0.1) is 0 Å². The summed E-state index contributed by atoms with van der Waals surface area (Å²) >= 11 is 0. The summed E-state index contributed by atoms with van der Waals surface area (Å²) in [5, 5.41) is 6.78. The lowest BCUT2D eigenvalue weighted by molar-refractivity contribution is -0.117. The van der Waals surface area contributed by atoms with Gasteiger partial charge in [0.2, 0.25) is 5.91 Å². The van der Waals surface area contributed by atoms with E-state index in [0.717, 1.165) is 23.1 Å². The molecule has 0 aliphatic carbocycles. The standard InChI is InChI=1S/C18H20N4O3/c1-13-4-6-14(7-5-13)19-16(23)12-22-17(24)9-8-15(20-22)18(25)21-10-2-3-11-21/h4-9H,2-3,10-12H2,1H3,(H,19,23). The Morgan fingerprint density at radius 2 is 1.76 bits per heavy atom. The zero-order valence-electron chi connectivity index (χ0n) is 14.1. The summed E-state index contributed by atoms with van der Waals surface area (Å²) in [6.45, 7) is 3.12. The van der Waals surface area contributed by atoms with Crippen molar-refractivity contribution in [1.82, 2.24) is 14.7 Å². The van der Waals surface area contributed by atoms with Gasteiger partial charge in [-0.15, -0.1) is 0 Å². The first-order valence-corrected chi connectivity index (χ1v) is 8.27. The Labute approximate surface area is 145 Å². The van der Waals surface area contributed by atoms with Crippen LogP contribution in [0.15, 0.2) is 41.2 Å². The van der Waals surface area contributed by atoms with E-state index in [1.165, 1.54) is 12.1 Å². The third-order valence-corrected chi connectivity index (χ3v) is 4.11. The lowest BCUT2D eigenvalue weighted by atomic mass is 10.2. The van der Waals surface area contributed by atoms with E-state index in [-0.39, 0.29) is 24.1 Å². The minimum absolute atomic E-state index is 0.185. The molecule has 1 N–H and O–H groups in total. The summed E-state index contributed by atoms with van der Waals surface area (Å²) in [4.78, 5) is 38.2. The smallest absolute Gasteiger partial charge is 0.274 e. The summed E-state index contributed by atoms with van der Waals surface area (Å²) in [5.74, 6) is -0.575. The van der Waals surface area contributed by atoms with Gasteiger partial charge in [-0.1, -0.05) is 17.7 Å². The maximum absolute atomic E-state index is 12.4.